The fourth-order valence-electron chi connectivity index (χ4n) is 1.44. The number of hydrogen-bond acceptors (Lipinski definition) is 3. The van der Waals surface area contributed by atoms with E-state index in [-0.39, 0.29) is 5.92 Å². The van der Waals surface area contributed by atoms with Crippen LogP contribution >= 0.6 is 0 Å². The van der Waals surface area contributed by atoms with Crippen molar-refractivity contribution in [3.05, 3.63) is 29.8 Å². The Morgan fingerprint density at radius 3 is 2.47 bits per heavy atom. The lowest BCUT2D eigenvalue weighted by molar-refractivity contribution is -0.145. The summed E-state index contributed by atoms with van der Waals surface area (Å²) in [6.07, 6.45) is -4.52. The van der Waals surface area contributed by atoms with Gasteiger partial charge in [0.25, 0.3) is 0 Å². The first-order valence-corrected chi connectivity index (χ1v) is 5.07. The molecule has 0 atom stereocenters. The van der Waals surface area contributed by atoms with Crippen molar-refractivity contribution in [2.24, 2.45) is 5.92 Å². The Bertz CT molecular complexity index is 427. The summed E-state index contributed by atoms with van der Waals surface area (Å²) in [6, 6.07) is 4.69. The number of alkyl halides is 3. The largest absolute Gasteiger partial charge is 0.426 e. The van der Waals surface area contributed by atoms with Gasteiger partial charge < -0.3 is 10.1 Å². The molecule has 17 heavy (non-hydrogen) atoms. The SMILES string of the molecule is O=C(Oc1ccccc1C(F)(F)F)C1CNC1. The van der Waals surface area contributed by atoms with E-state index in [1.165, 1.54) is 12.1 Å². The van der Waals surface area contributed by atoms with Gasteiger partial charge in [0, 0.05) is 13.1 Å². The van der Waals surface area contributed by atoms with E-state index >= 15 is 0 Å². The minimum atomic E-state index is -4.52. The van der Waals surface area contributed by atoms with Crippen LogP contribution in [0.1, 0.15) is 5.56 Å². The predicted molar refractivity (Wildman–Crippen MR) is 53.4 cm³/mol. The molecule has 0 saturated carbocycles. The van der Waals surface area contributed by atoms with Crippen LogP contribution in [0.2, 0.25) is 0 Å². The highest BCUT2D eigenvalue weighted by Gasteiger charge is 2.35. The van der Waals surface area contributed by atoms with Crippen molar-refractivity contribution in [1.82, 2.24) is 5.32 Å². The van der Waals surface area contributed by atoms with Crippen LogP contribution in [0.4, 0.5) is 13.2 Å². The number of rotatable bonds is 2. The van der Waals surface area contributed by atoms with Gasteiger partial charge >= 0.3 is 12.1 Å². The van der Waals surface area contributed by atoms with E-state index in [0.29, 0.717) is 13.1 Å². The third-order valence-electron chi connectivity index (χ3n) is 2.52. The van der Waals surface area contributed by atoms with Crippen LogP contribution in [-0.2, 0) is 11.0 Å². The summed E-state index contributed by atoms with van der Waals surface area (Å²) in [6.45, 7) is 0.903. The van der Waals surface area contributed by atoms with Crippen LogP contribution in [0.3, 0.4) is 0 Å². The normalized spacial score (nSPS) is 16.4. The molecule has 1 aliphatic heterocycles. The fourth-order valence-corrected chi connectivity index (χ4v) is 1.44. The van der Waals surface area contributed by atoms with Crippen molar-refractivity contribution in [1.29, 1.82) is 0 Å². The van der Waals surface area contributed by atoms with Crippen molar-refractivity contribution in [3.63, 3.8) is 0 Å². The molecular formula is C11H10F3NO2. The molecule has 1 aromatic rings. The van der Waals surface area contributed by atoms with Gasteiger partial charge in [-0.15, -0.1) is 0 Å². The molecule has 1 saturated heterocycles. The molecule has 6 heteroatoms. The first-order valence-electron chi connectivity index (χ1n) is 5.07. The van der Waals surface area contributed by atoms with Crippen LogP contribution < -0.4 is 10.1 Å². The van der Waals surface area contributed by atoms with Gasteiger partial charge in [-0.05, 0) is 12.1 Å². The first kappa shape index (κ1) is 11.9. The molecular weight excluding hydrogens is 235 g/mol. The molecule has 0 spiro atoms. The monoisotopic (exact) mass is 245 g/mol. The van der Waals surface area contributed by atoms with Crippen LogP contribution in [0.25, 0.3) is 0 Å². The van der Waals surface area contributed by atoms with Crippen molar-refractivity contribution < 1.29 is 22.7 Å². The van der Waals surface area contributed by atoms with Crippen molar-refractivity contribution in [2.75, 3.05) is 13.1 Å². The van der Waals surface area contributed by atoms with Gasteiger partial charge in [0.2, 0.25) is 0 Å². The summed E-state index contributed by atoms with van der Waals surface area (Å²) < 4.78 is 42.6. The number of hydrogen-bond donors (Lipinski definition) is 1. The average molecular weight is 245 g/mol. The molecule has 1 aliphatic rings. The van der Waals surface area contributed by atoms with Gasteiger partial charge in [0.1, 0.15) is 5.75 Å². The highest BCUT2D eigenvalue weighted by Crippen LogP contribution is 2.36. The van der Waals surface area contributed by atoms with E-state index < -0.39 is 23.5 Å². The molecule has 1 N–H and O–H groups in total. The molecule has 0 unspecified atom stereocenters. The van der Waals surface area contributed by atoms with Gasteiger partial charge in [0.05, 0.1) is 11.5 Å². The molecule has 0 amide bonds. The fraction of sp³-hybridized carbons (Fsp3) is 0.364. The second-order valence-electron chi connectivity index (χ2n) is 3.77. The lowest BCUT2D eigenvalue weighted by Gasteiger charge is -2.25. The highest BCUT2D eigenvalue weighted by molar-refractivity contribution is 5.77. The maximum Gasteiger partial charge on any atom is 0.419 e. The molecule has 92 valence electrons. The van der Waals surface area contributed by atoms with Gasteiger partial charge in [-0.3, -0.25) is 4.79 Å². The zero-order chi connectivity index (χ0) is 12.5. The topological polar surface area (TPSA) is 38.3 Å². The molecule has 1 heterocycles. The number of nitrogens with one attached hydrogen (secondary N) is 1. The van der Waals surface area contributed by atoms with E-state index in [4.69, 9.17) is 4.74 Å². The highest BCUT2D eigenvalue weighted by atomic mass is 19.4. The Labute approximate surface area is 95.6 Å². The molecule has 2 rings (SSSR count). The number of carbonyl (C=O) groups excluding carboxylic acids is 1. The molecule has 3 nitrogen and oxygen atoms in total. The lowest BCUT2D eigenvalue weighted by atomic mass is 10.0. The van der Waals surface area contributed by atoms with E-state index in [2.05, 4.69) is 5.32 Å². The minimum absolute atomic E-state index is 0.351. The Morgan fingerprint density at radius 2 is 1.94 bits per heavy atom. The molecule has 1 aromatic carbocycles. The Kier molecular flexibility index (Phi) is 3.06. The second-order valence-corrected chi connectivity index (χ2v) is 3.77. The summed E-state index contributed by atoms with van der Waals surface area (Å²) in [4.78, 5) is 11.4. The van der Waals surface area contributed by atoms with E-state index in [1.54, 1.807) is 0 Å². The van der Waals surface area contributed by atoms with Crippen LogP contribution in [0.15, 0.2) is 24.3 Å². The van der Waals surface area contributed by atoms with Gasteiger partial charge in [-0.25, -0.2) is 0 Å². The number of esters is 1. The number of ether oxygens (including phenoxy) is 1. The summed E-state index contributed by atoms with van der Waals surface area (Å²) in [5, 5.41) is 2.85. The average Bonchev–Trinajstić information content (AvgIpc) is 2.13. The Hall–Kier alpha value is -1.56. The number of benzene rings is 1. The number of para-hydroxylation sites is 1. The maximum absolute atomic E-state index is 12.6. The lowest BCUT2D eigenvalue weighted by Crippen LogP contribution is -2.48. The van der Waals surface area contributed by atoms with Crippen LogP contribution in [-0.4, -0.2) is 19.1 Å². The summed E-state index contributed by atoms with van der Waals surface area (Å²) >= 11 is 0. The summed E-state index contributed by atoms with van der Waals surface area (Å²) in [7, 11) is 0. The van der Waals surface area contributed by atoms with Crippen molar-refractivity contribution in [3.8, 4) is 5.75 Å². The van der Waals surface area contributed by atoms with E-state index in [1.807, 2.05) is 0 Å². The predicted octanol–water partition coefficient (Wildman–Crippen LogP) is 1.83. The number of halogens is 3. The van der Waals surface area contributed by atoms with Gasteiger partial charge in [0.15, 0.2) is 0 Å². The van der Waals surface area contributed by atoms with Crippen molar-refractivity contribution in [2.45, 2.75) is 6.18 Å². The van der Waals surface area contributed by atoms with E-state index in [0.717, 1.165) is 12.1 Å². The molecule has 0 bridgehead atoms. The Balaban J connectivity index is 2.17. The van der Waals surface area contributed by atoms with E-state index in [9.17, 15) is 18.0 Å². The molecule has 0 radical (unpaired) electrons. The van der Waals surface area contributed by atoms with Crippen molar-refractivity contribution >= 4 is 5.97 Å². The third-order valence-corrected chi connectivity index (χ3v) is 2.52. The maximum atomic E-state index is 12.6. The van der Waals surface area contributed by atoms with Crippen LogP contribution in [0.5, 0.6) is 5.75 Å². The summed E-state index contributed by atoms with van der Waals surface area (Å²) in [5.74, 6) is -1.41. The molecule has 1 fully saturated rings. The smallest absolute Gasteiger partial charge is 0.419 e. The summed E-state index contributed by atoms with van der Waals surface area (Å²) in [5.41, 5.74) is -0.930. The number of carbonyl (C=O) groups is 1. The molecule has 0 aliphatic carbocycles. The minimum Gasteiger partial charge on any atom is -0.426 e. The quantitative estimate of drug-likeness (QED) is 0.638. The molecule has 0 aromatic heterocycles. The van der Waals surface area contributed by atoms with Gasteiger partial charge in [-0.1, -0.05) is 12.1 Å². The first-order chi connectivity index (χ1) is 7.98. The standard InChI is InChI=1S/C11H10F3NO2/c12-11(13,14)8-3-1-2-4-9(8)17-10(16)7-5-15-6-7/h1-4,7,15H,5-6H2. The van der Waals surface area contributed by atoms with Gasteiger partial charge in [-0.2, -0.15) is 13.2 Å². The third kappa shape index (κ3) is 2.58. The second kappa shape index (κ2) is 4.37. The Morgan fingerprint density at radius 1 is 1.29 bits per heavy atom. The van der Waals surface area contributed by atoms with Crippen LogP contribution in [0, 0.1) is 5.92 Å². The zero-order valence-corrected chi connectivity index (χ0v) is 8.75. The zero-order valence-electron chi connectivity index (χ0n) is 8.75.